The van der Waals surface area contributed by atoms with Gasteiger partial charge in [0.05, 0.1) is 0 Å². The van der Waals surface area contributed by atoms with Crippen LogP contribution in [0.4, 0.5) is 4.79 Å². The molecule has 15 heavy (non-hydrogen) atoms. The summed E-state index contributed by atoms with van der Waals surface area (Å²) < 4.78 is 5.36. The minimum atomic E-state index is -0.380. The first-order valence-corrected chi connectivity index (χ1v) is 5.68. The predicted molar refractivity (Wildman–Crippen MR) is 57.7 cm³/mol. The summed E-state index contributed by atoms with van der Waals surface area (Å²) in [5.41, 5.74) is -0.380. The molecule has 0 saturated carbocycles. The van der Waals surface area contributed by atoms with Crippen LogP contribution in [0.25, 0.3) is 0 Å². The van der Waals surface area contributed by atoms with Crippen molar-refractivity contribution < 1.29 is 9.53 Å². The van der Waals surface area contributed by atoms with Crippen molar-refractivity contribution in [3.63, 3.8) is 0 Å². The maximum atomic E-state index is 11.8. The van der Waals surface area contributed by atoms with Crippen molar-refractivity contribution in [2.45, 2.75) is 38.8 Å². The van der Waals surface area contributed by atoms with E-state index in [0.717, 1.165) is 26.1 Å². The third-order valence-electron chi connectivity index (χ3n) is 3.03. The summed E-state index contributed by atoms with van der Waals surface area (Å²) in [7, 11) is 0. The van der Waals surface area contributed by atoms with Crippen LogP contribution in [0, 0.1) is 5.92 Å². The molecule has 2 heterocycles. The van der Waals surface area contributed by atoms with Crippen LogP contribution in [-0.4, -0.2) is 42.3 Å². The first-order valence-electron chi connectivity index (χ1n) is 5.68. The van der Waals surface area contributed by atoms with E-state index in [1.54, 1.807) is 0 Å². The van der Waals surface area contributed by atoms with E-state index in [-0.39, 0.29) is 11.7 Å². The topological polar surface area (TPSA) is 41.6 Å². The fourth-order valence-electron chi connectivity index (χ4n) is 2.29. The molecule has 2 saturated heterocycles. The van der Waals surface area contributed by atoms with Crippen molar-refractivity contribution in [1.29, 1.82) is 0 Å². The molecule has 0 aliphatic carbocycles. The lowest BCUT2D eigenvalue weighted by atomic mass is 9.84. The average Bonchev–Trinajstić information content (AvgIpc) is 2.03. The standard InChI is InChI=1S/C11H20N2O2/c1-11(2,3)15-10(14)13-7-8-6-12-5-4-9(8)13/h8-9,12H,4-7H2,1-3H3/t8-,9+/m0/s1. The Kier molecular flexibility index (Phi) is 2.63. The molecule has 0 aromatic heterocycles. The summed E-state index contributed by atoms with van der Waals surface area (Å²) in [5, 5.41) is 3.35. The van der Waals surface area contributed by atoms with Crippen molar-refractivity contribution in [2.24, 2.45) is 5.92 Å². The SMILES string of the molecule is CC(C)(C)OC(=O)N1C[C@@H]2CNCC[C@H]21. The van der Waals surface area contributed by atoms with E-state index in [9.17, 15) is 4.79 Å². The van der Waals surface area contributed by atoms with Crippen molar-refractivity contribution in [1.82, 2.24) is 10.2 Å². The van der Waals surface area contributed by atoms with Gasteiger partial charge >= 0.3 is 6.09 Å². The van der Waals surface area contributed by atoms with Crippen LogP contribution in [0.2, 0.25) is 0 Å². The lowest BCUT2D eigenvalue weighted by molar-refractivity contribution is -0.0385. The minimum absolute atomic E-state index is 0.148. The van der Waals surface area contributed by atoms with E-state index in [2.05, 4.69) is 5.32 Å². The Labute approximate surface area is 91.0 Å². The van der Waals surface area contributed by atoms with Crippen molar-refractivity contribution >= 4 is 6.09 Å². The fraction of sp³-hybridized carbons (Fsp3) is 0.909. The molecular formula is C11H20N2O2. The monoisotopic (exact) mass is 212 g/mol. The van der Waals surface area contributed by atoms with Gasteiger partial charge in [0.15, 0.2) is 0 Å². The highest BCUT2D eigenvalue weighted by molar-refractivity contribution is 5.69. The summed E-state index contributed by atoms with van der Waals surface area (Å²) >= 11 is 0. The summed E-state index contributed by atoms with van der Waals surface area (Å²) in [6, 6.07) is 0.418. The Balaban J connectivity index is 1.88. The third kappa shape index (κ3) is 2.25. The molecular weight excluding hydrogens is 192 g/mol. The van der Waals surface area contributed by atoms with Gasteiger partial charge < -0.3 is 15.0 Å². The number of likely N-dealkylation sites (tertiary alicyclic amines) is 1. The number of hydrogen-bond donors (Lipinski definition) is 1. The quantitative estimate of drug-likeness (QED) is 0.656. The number of rotatable bonds is 0. The first kappa shape index (κ1) is 10.7. The normalized spacial score (nSPS) is 30.5. The predicted octanol–water partition coefficient (Wildman–Crippen LogP) is 1.22. The molecule has 2 atom stereocenters. The summed E-state index contributed by atoms with van der Waals surface area (Å²) in [6.07, 6.45) is 0.912. The largest absolute Gasteiger partial charge is 0.444 e. The lowest BCUT2D eigenvalue weighted by Crippen LogP contribution is -2.64. The molecule has 2 aliphatic rings. The Hall–Kier alpha value is -0.770. The molecule has 4 heteroatoms. The van der Waals surface area contributed by atoms with Gasteiger partial charge in [0, 0.05) is 25.0 Å². The van der Waals surface area contributed by atoms with Crippen LogP contribution in [0.15, 0.2) is 0 Å². The first-order chi connectivity index (χ1) is 6.97. The van der Waals surface area contributed by atoms with Crippen LogP contribution in [0.1, 0.15) is 27.2 Å². The molecule has 1 amide bonds. The average molecular weight is 212 g/mol. The van der Waals surface area contributed by atoms with Crippen molar-refractivity contribution in [2.75, 3.05) is 19.6 Å². The van der Waals surface area contributed by atoms with Gasteiger partial charge in [0.25, 0.3) is 0 Å². The third-order valence-corrected chi connectivity index (χ3v) is 3.03. The van der Waals surface area contributed by atoms with E-state index in [1.807, 2.05) is 25.7 Å². The van der Waals surface area contributed by atoms with Crippen LogP contribution < -0.4 is 5.32 Å². The number of nitrogens with one attached hydrogen (secondary N) is 1. The minimum Gasteiger partial charge on any atom is -0.444 e. The van der Waals surface area contributed by atoms with E-state index < -0.39 is 0 Å². The molecule has 0 radical (unpaired) electrons. The zero-order valence-electron chi connectivity index (χ0n) is 9.75. The number of carbonyl (C=O) groups is 1. The highest BCUT2D eigenvalue weighted by Crippen LogP contribution is 2.30. The zero-order valence-corrected chi connectivity index (χ0v) is 9.75. The molecule has 86 valence electrons. The van der Waals surface area contributed by atoms with Gasteiger partial charge in [0.1, 0.15) is 5.60 Å². The van der Waals surface area contributed by atoms with Gasteiger partial charge in [-0.05, 0) is 33.7 Å². The van der Waals surface area contributed by atoms with Crippen LogP contribution >= 0.6 is 0 Å². The summed E-state index contributed by atoms with van der Waals surface area (Å²) in [4.78, 5) is 13.7. The molecule has 0 aromatic carbocycles. The molecule has 0 spiro atoms. The molecule has 0 aromatic rings. The molecule has 4 nitrogen and oxygen atoms in total. The van der Waals surface area contributed by atoms with E-state index in [1.165, 1.54) is 0 Å². The number of hydrogen-bond acceptors (Lipinski definition) is 3. The van der Waals surface area contributed by atoms with Crippen LogP contribution in [0.5, 0.6) is 0 Å². The van der Waals surface area contributed by atoms with Gasteiger partial charge in [0.2, 0.25) is 0 Å². The molecule has 2 fully saturated rings. The van der Waals surface area contributed by atoms with E-state index >= 15 is 0 Å². The van der Waals surface area contributed by atoms with E-state index in [4.69, 9.17) is 4.74 Å². The van der Waals surface area contributed by atoms with E-state index in [0.29, 0.717) is 12.0 Å². The van der Waals surface area contributed by atoms with Gasteiger partial charge in [-0.2, -0.15) is 0 Å². The highest BCUT2D eigenvalue weighted by Gasteiger charge is 2.44. The van der Waals surface area contributed by atoms with Gasteiger partial charge in [-0.25, -0.2) is 4.79 Å². The van der Waals surface area contributed by atoms with Crippen molar-refractivity contribution in [3.8, 4) is 0 Å². The number of ether oxygens (including phenoxy) is 1. The Morgan fingerprint density at radius 2 is 2.20 bits per heavy atom. The molecule has 2 rings (SSSR count). The number of nitrogens with zero attached hydrogens (tertiary/aromatic N) is 1. The Morgan fingerprint density at radius 3 is 2.80 bits per heavy atom. The highest BCUT2D eigenvalue weighted by atomic mass is 16.6. The van der Waals surface area contributed by atoms with Crippen LogP contribution in [-0.2, 0) is 4.74 Å². The molecule has 0 bridgehead atoms. The Bertz CT molecular complexity index is 260. The molecule has 1 N–H and O–H groups in total. The Morgan fingerprint density at radius 1 is 1.47 bits per heavy atom. The number of carbonyl (C=O) groups excluding carboxylic acids is 1. The zero-order chi connectivity index (χ0) is 11.1. The van der Waals surface area contributed by atoms with Gasteiger partial charge in [-0.3, -0.25) is 0 Å². The second-order valence-corrected chi connectivity index (χ2v) is 5.45. The second kappa shape index (κ2) is 3.67. The second-order valence-electron chi connectivity index (χ2n) is 5.45. The number of fused-ring (bicyclic) bond motifs is 1. The summed E-state index contributed by atoms with van der Waals surface area (Å²) in [5.74, 6) is 0.645. The number of piperidine rings is 1. The molecule has 0 unspecified atom stereocenters. The van der Waals surface area contributed by atoms with Gasteiger partial charge in [-0.15, -0.1) is 0 Å². The lowest BCUT2D eigenvalue weighted by Gasteiger charge is -2.50. The molecule has 2 aliphatic heterocycles. The van der Waals surface area contributed by atoms with Crippen molar-refractivity contribution in [3.05, 3.63) is 0 Å². The van der Waals surface area contributed by atoms with Gasteiger partial charge in [-0.1, -0.05) is 0 Å². The smallest absolute Gasteiger partial charge is 0.410 e. The maximum absolute atomic E-state index is 11.8. The van der Waals surface area contributed by atoms with Crippen LogP contribution in [0.3, 0.4) is 0 Å². The fourth-order valence-corrected chi connectivity index (χ4v) is 2.29. The summed E-state index contributed by atoms with van der Waals surface area (Å²) in [6.45, 7) is 8.64. The maximum Gasteiger partial charge on any atom is 0.410 e. The number of amides is 1.